The van der Waals surface area contributed by atoms with Gasteiger partial charge in [-0.15, -0.1) is 0 Å². The minimum absolute atomic E-state index is 0.138. The number of carbonyl (C=O) groups is 1. The van der Waals surface area contributed by atoms with Crippen LogP contribution >= 0.6 is 11.8 Å². The van der Waals surface area contributed by atoms with Gasteiger partial charge in [-0.25, -0.2) is 10.5 Å². The number of thioether (sulfide) groups is 1. The lowest BCUT2D eigenvalue weighted by atomic mass is 10.1. The van der Waals surface area contributed by atoms with E-state index in [1.807, 2.05) is 50.2 Å². The fraction of sp³-hybridized carbons (Fsp3) is 0.235. The van der Waals surface area contributed by atoms with Crippen molar-refractivity contribution in [1.82, 2.24) is 10.5 Å². The van der Waals surface area contributed by atoms with Gasteiger partial charge in [0.1, 0.15) is 11.1 Å². The molecule has 0 aliphatic heterocycles. The van der Waals surface area contributed by atoms with Gasteiger partial charge in [0.05, 0.1) is 17.9 Å². The molecule has 0 saturated carbocycles. The monoisotopic (exact) mass is 327 g/mol. The third-order valence-corrected chi connectivity index (χ3v) is 4.01. The first-order valence-corrected chi connectivity index (χ1v) is 8.04. The van der Waals surface area contributed by atoms with Gasteiger partial charge in [0.25, 0.3) is 5.91 Å². The molecule has 0 aliphatic carbocycles. The Hall–Kier alpha value is -2.36. The number of hydrogen-bond donors (Lipinski definition) is 1. The third-order valence-electron chi connectivity index (χ3n) is 3.03. The third kappa shape index (κ3) is 5.09. The van der Waals surface area contributed by atoms with E-state index in [9.17, 15) is 10.1 Å². The van der Waals surface area contributed by atoms with Gasteiger partial charge >= 0.3 is 0 Å². The summed E-state index contributed by atoms with van der Waals surface area (Å²) in [6.07, 6.45) is 0. The molecule has 1 aromatic heterocycles. The summed E-state index contributed by atoms with van der Waals surface area (Å²) in [6, 6.07) is 13.6. The molecule has 23 heavy (non-hydrogen) atoms. The predicted octanol–water partition coefficient (Wildman–Crippen LogP) is 2.91. The number of nitrogens with one attached hydrogen (secondary N) is 1. The van der Waals surface area contributed by atoms with E-state index in [4.69, 9.17) is 4.84 Å². The molecule has 1 aromatic carbocycles. The van der Waals surface area contributed by atoms with Gasteiger partial charge < -0.3 is 0 Å². The number of hydrogen-bond acceptors (Lipinski definition) is 5. The molecule has 1 amide bonds. The maximum absolute atomic E-state index is 11.8. The van der Waals surface area contributed by atoms with E-state index in [-0.39, 0.29) is 11.7 Å². The van der Waals surface area contributed by atoms with Gasteiger partial charge in [-0.05, 0) is 31.0 Å². The Morgan fingerprint density at radius 1 is 1.35 bits per heavy atom. The molecule has 6 heteroatoms. The maximum Gasteiger partial charge on any atom is 0.253 e. The Morgan fingerprint density at radius 3 is 2.78 bits per heavy atom. The lowest BCUT2D eigenvalue weighted by Gasteiger charge is -2.08. The first-order valence-electron chi connectivity index (χ1n) is 7.06. The Kier molecular flexibility index (Phi) is 6.15. The topological polar surface area (TPSA) is 75.0 Å². The summed E-state index contributed by atoms with van der Waals surface area (Å²) in [5.74, 6) is -0.130. The van der Waals surface area contributed by atoms with Crippen LogP contribution in [0.3, 0.4) is 0 Å². The first kappa shape index (κ1) is 17.0. The molecule has 1 heterocycles. The molecule has 0 aliphatic rings. The van der Waals surface area contributed by atoms with Crippen LogP contribution in [-0.4, -0.2) is 16.6 Å². The van der Waals surface area contributed by atoms with E-state index in [0.717, 1.165) is 16.8 Å². The SMILES string of the molecule is Cc1cc(C)c(C#N)c(SCC(=O)NOCc2ccccc2)n1. The van der Waals surface area contributed by atoms with Crippen molar-refractivity contribution < 1.29 is 9.63 Å². The van der Waals surface area contributed by atoms with E-state index in [1.165, 1.54) is 11.8 Å². The number of benzene rings is 1. The number of nitriles is 1. The number of rotatable bonds is 6. The highest BCUT2D eigenvalue weighted by Gasteiger charge is 2.11. The van der Waals surface area contributed by atoms with Crippen molar-refractivity contribution in [2.75, 3.05) is 5.75 Å². The van der Waals surface area contributed by atoms with Crippen molar-refractivity contribution in [2.45, 2.75) is 25.5 Å². The average molecular weight is 327 g/mol. The fourth-order valence-electron chi connectivity index (χ4n) is 1.98. The van der Waals surface area contributed by atoms with Crippen molar-refractivity contribution in [2.24, 2.45) is 0 Å². The Labute approximate surface area is 139 Å². The lowest BCUT2D eigenvalue weighted by molar-refractivity contribution is -0.131. The normalized spacial score (nSPS) is 10.1. The van der Waals surface area contributed by atoms with Gasteiger partial charge in [-0.2, -0.15) is 5.26 Å². The standard InChI is InChI=1S/C17H17N3O2S/c1-12-8-13(2)19-17(15(12)9-18)23-11-16(21)20-22-10-14-6-4-3-5-7-14/h3-8H,10-11H2,1-2H3,(H,20,21). The molecule has 2 aromatic rings. The van der Waals surface area contributed by atoms with Crippen LogP contribution in [0.15, 0.2) is 41.4 Å². The zero-order valence-electron chi connectivity index (χ0n) is 13.0. The van der Waals surface area contributed by atoms with Crippen molar-refractivity contribution in [3.63, 3.8) is 0 Å². The van der Waals surface area contributed by atoms with E-state index in [1.54, 1.807) is 0 Å². The lowest BCUT2D eigenvalue weighted by Crippen LogP contribution is -2.25. The van der Waals surface area contributed by atoms with Crippen LogP contribution in [0.4, 0.5) is 0 Å². The number of amides is 1. The fourth-order valence-corrected chi connectivity index (χ4v) is 2.87. The van der Waals surface area contributed by atoms with Gasteiger partial charge in [0.2, 0.25) is 0 Å². The van der Waals surface area contributed by atoms with E-state index < -0.39 is 0 Å². The van der Waals surface area contributed by atoms with Crippen LogP contribution in [-0.2, 0) is 16.2 Å². The minimum Gasteiger partial charge on any atom is -0.272 e. The number of aryl methyl sites for hydroxylation is 2. The number of carbonyl (C=O) groups excluding carboxylic acids is 1. The van der Waals surface area contributed by atoms with Crippen molar-refractivity contribution >= 4 is 17.7 Å². The van der Waals surface area contributed by atoms with Crippen molar-refractivity contribution in [3.8, 4) is 6.07 Å². The Bertz CT molecular complexity index is 727. The van der Waals surface area contributed by atoms with Crippen LogP contribution in [0.1, 0.15) is 22.4 Å². The number of aromatic nitrogens is 1. The number of hydroxylamine groups is 1. The molecule has 0 atom stereocenters. The molecule has 0 unspecified atom stereocenters. The molecule has 5 nitrogen and oxygen atoms in total. The summed E-state index contributed by atoms with van der Waals surface area (Å²) < 4.78 is 0. The zero-order valence-corrected chi connectivity index (χ0v) is 13.8. The van der Waals surface area contributed by atoms with Crippen LogP contribution < -0.4 is 5.48 Å². The quantitative estimate of drug-likeness (QED) is 0.652. The van der Waals surface area contributed by atoms with E-state index in [0.29, 0.717) is 17.2 Å². The summed E-state index contributed by atoms with van der Waals surface area (Å²) in [7, 11) is 0. The molecule has 0 radical (unpaired) electrons. The minimum atomic E-state index is -0.268. The molecule has 118 valence electrons. The second-order valence-corrected chi connectivity index (χ2v) is 5.92. The smallest absolute Gasteiger partial charge is 0.253 e. The van der Waals surface area contributed by atoms with Gasteiger partial charge in [-0.3, -0.25) is 9.63 Å². The van der Waals surface area contributed by atoms with Crippen molar-refractivity contribution in [3.05, 3.63) is 58.8 Å². The van der Waals surface area contributed by atoms with Crippen LogP contribution in [0.5, 0.6) is 0 Å². The average Bonchev–Trinajstić information content (AvgIpc) is 2.53. The first-order chi connectivity index (χ1) is 11.1. The number of pyridine rings is 1. The molecule has 0 fully saturated rings. The second kappa shape index (κ2) is 8.32. The van der Waals surface area contributed by atoms with E-state index in [2.05, 4.69) is 16.5 Å². The molecule has 1 N–H and O–H groups in total. The summed E-state index contributed by atoms with van der Waals surface area (Å²) in [5, 5.41) is 9.77. The highest BCUT2D eigenvalue weighted by molar-refractivity contribution is 8.00. The molecule has 0 spiro atoms. The van der Waals surface area contributed by atoms with E-state index >= 15 is 0 Å². The molecular formula is C17H17N3O2S. The van der Waals surface area contributed by atoms with Crippen molar-refractivity contribution in [1.29, 1.82) is 5.26 Å². The Balaban J connectivity index is 1.84. The highest BCUT2D eigenvalue weighted by Crippen LogP contribution is 2.23. The summed E-state index contributed by atoms with van der Waals surface area (Å²) in [5.41, 5.74) is 5.57. The predicted molar refractivity (Wildman–Crippen MR) is 88.5 cm³/mol. The second-order valence-electron chi connectivity index (χ2n) is 4.96. The molecule has 0 saturated heterocycles. The number of nitrogens with zero attached hydrogens (tertiary/aromatic N) is 2. The molecular weight excluding hydrogens is 310 g/mol. The van der Waals surface area contributed by atoms with Crippen LogP contribution in [0, 0.1) is 25.2 Å². The zero-order chi connectivity index (χ0) is 16.7. The van der Waals surface area contributed by atoms with Crippen LogP contribution in [0.2, 0.25) is 0 Å². The summed E-state index contributed by atoms with van der Waals surface area (Å²) >= 11 is 1.23. The van der Waals surface area contributed by atoms with Gasteiger partial charge in [-0.1, -0.05) is 42.1 Å². The molecule has 2 rings (SSSR count). The highest BCUT2D eigenvalue weighted by atomic mass is 32.2. The van der Waals surface area contributed by atoms with Gasteiger partial charge in [0, 0.05) is 5.69 Å². The molecule has 0 bridgehead atoms. The van der Waals surface area contributed by atoms with Crippen LogP contribution in [0.25, 0.3) is 0 Å². The maximum atomic E-state index is 11.8. The van der Waals surface area contributed by atoms with Gasteiger partial charge in [0.15, 0.2) is 0 Å². The summed E-state index contributed by atoms with van der Waals surface area (Å²) in [4.78, 5) is 21.3. The largest absolute Gasteiger partial charge is 0.272 e. The summed E-state index contributed by atoms with van der Waals surface area (Å²) in [6.45, 7) is 4.03. The Morgan fingerprint density at radius 2 is 2.09 bits per heavy atom.